The van der Waals surface area contributed by atoms with Crippen molar-refractivity contribution in [1.82, 2.24) is 0 Å². The highest BCUT2D eigenvalue weighted by Crippen LogP contribution is 2.22. The van der Waals surface area contributed by atoms with E-state index < -0.39 is 24.7 Å². The Hall–Kier alpha value is -0.780. The largest absolute Gasteiger partial charge is 0.466 e. The average Bonchev–Trinajstić information content (AvgIpc) is 2.21. The van der Waals surface area contributed by atoms with E-state index in [0.717, 1.165) is 25.7 Å². The number of rotatable bonds is 8. The molecule has 6 heteroatoms. The van der Waals surface area contributed by atoms with Crippen molar-refractivity contribution >= 4 is 5.97 Å². The number of aliphatic hydroxyl groups is 1. The van der Waals surface area contributed by atoms with Crippen LogP contribution in [0.4, 0.5) is 13.2 Å². The predicted molar refractivity (Wildman–Crippen MR) is 56.4 cm³/mol. The number of ether oxygens (including phenoxy) is 1. The Morgan fingerprint density at radius 2 is 1.82 bits per heavy atom. The quantitative estimate of drug-likeness (QED) is 0.536. The maximum atomic E-state index is 11.9. The van der Waals surface area contributed by atoms with E-state index in [1.165, 1.54) is 0 Å². The van der Waals surface area contributed by atoms with Gasteiger partial charge >= 0.3 is 12.1 Å². The van der Waals surface area contributed by atoms with Gasteiger partial charge in [0.2, 0.25) is 0 Å². The molecule has 0 aliphatic carbocycles. The molecule has 0 aromatic rings. The van der Waals surface area contributed by atoms with Crippen molar-refractivity contribution in [2.45, 2.75) is 57.7 Å². The van der Waals surface area contributed by atoms with Gasteiger partial charge in [0.05, 0.1) is 13.0 Å². The monoisotopic (exact) mass is 256 g/mol. The molecule has 0 aromatic heterocycles. The van der Waals surface area contributed by atoms with Gasteiger partial charge in [-0.2, -0.15) is 13.2 Å². The van der Waals surface area contributed by atoms with Gasteiger partial charge in [-0.1, -0.05) is 32.6 Å². The summed E-state index contributed by atoms with van der Waals surface area (Å²) in [7, 11) is 0. The van der Waals surface area contributed by atoms with Crippen LogP contribution in [0.15, 0.2) is 0 Å². The molecule has 1 atom stereocenters. The highest BCUT2D eigenvalue weighted by molar-refractivity contribution is 5.70. The van der Waals surface area contributed by atoms with Gasteiger partial charge in [0.15, 0.2) is 6.10 Å². The summed E-state index contributed by atoms with van der Waals surface area (Å²) < 4.78 is 40.2. The standard InChI is InChI=1S/C11H19F3O3/c1-2-3-4-5-6-7-17-10(16)8-9(15)11(12,13)14/h9,15H,2-8H2,1H3. The molecule has 0 heterocycles. The first-order valence-electron chi connectivity index (χ1n) is 5.78. The number of carbonyl (C=O) groups excluding carboxylic acids is 1. The summed E-state index contributed by atoms with van der Waals surface area (Å²) in [5, 5.41) is 8.60. The van der Waals surface area contributed by atoms with Crippen LogP contribution in [-0.2, 0) is 9.53 Å². The third kappa shape index (κ3) is 8.97. The van der Waals surface area contributed by atoms with E-state index in [4.69, 9.17) is 5.11 Å². The van der Waals surface area contributed by atoms with Crippen LogP contribution < -0.4 is 0 Å². The zero-order chi connectivity index (χ0) is 13.3. The molecule has 0 bridgehead atoms. The molecule has 0 aliphatic heterocycles. The minimum atomic E-state index is -4.76. The SMILES string of the molecule is CCCCCCCOC(=O)CC(O)C(F)(F)F. The van der Waals surface area contributed by atoms with Crippen LogP contribution in [0.2, 0.25) is 0 Å². The molecule has 0 aromatic carbocycles. The molecule has 17 heavy (non-hydrogen) atoms. The highest BCUT2D eigenvalue weighted by Gasteiger charge is 2.39. The van der Waals surface area contributed by atoms with Gasteiger partial charge in [-0.15, -0.1) is 0 Å². The van der Waals surface area contributed by atoms with E-state index in [2.05, 4.69) is 11.7 Å². The third-order valence-electron chi connectivity index (χ3n) is 2.25. The van der Waals surface area contributed by atoms with Crippen molar-refractivity contribution in [2.75, 3.05) is 6.61 Å². The van der Waals surface area contributed by atoms with Crippen LogP contribution in [0.5, 0.6) is 0 Å². The molecule has 0 aliphatic rings. The van der Waals surface area contributed by atoms with Crippen molar-refractivity contribution in [2.24, 2.45) is 0 Å². The van der Waals surface area contributed by atoms with Gasteiger partial charge in [-0.3, -0.25) is 4.79 Å². The van der Waals surface area contributed by atoms with E-state index >= 15 is 0 Å². The number of halogens is 3. The molecule has 0 spiro atoms. The second-order valence-corrected chi connectivity index (χ2v) is 3.90. The molecule has 0 saturated heterocycles. The zero-order valence-corrected chi connectivity index (χ0v) is 9.92. The molecule has 1 unspecified atom stereocenters. The Bertz CT molecular complexity index is 216. The summed E-state index contributed by atoms with van der Waals surface area (Å²) in [6.45, 7) is 2.19. The van der Waals surface area contributed by atoms with E-state index in [1.807, 2.05) is 0 Å². The number of unbranched alkanes of at least 4 members (excludes halogenated alkanes) is 4. The van der Waals surface area contributed by atoms with Crippen LogP contribution in [0.25, 0.3) is 0 Å². The molecule has 0 amide bonds. The van der Waals surface area contributed by atoms with Crippen LogP contribution in [0.1, 0.15) is 45.4 Å². The van der Waals surface area contributed by atoms with Crippen molar-refractivity contribution in [1.29, 1.82) is 0 Å². The molecule has 102 valence electrons. The van der Waals surface area contributed by atoms with Gasteiger partial charge in [-0.25, -0.2) is 0 Å². The van der Waals surface area contributed by atoms with Crippen LogP contribution >= 0.6 is 0 Å². The van der Waals surface area contributed by atoms with Crippen LogP contribution in [-0.4, -0.2) is 30.0 Å². The number of alkyl halides is 3. The van der Waals surface area contributed by atoms with Crippen molar-refractivity contribution in [3.8, 4) is 0 Å². The lowest BCUT2D eigenvalue weighted by molar-refractivity contribution is -0.209. The first-order chi connectivity index (χ1) is 7.88. The number of hydrogen-bond acceptors (Lipinski definition) is 3. The summed E-state index contributed by atoms with van der Waals surface area (Å²) in [4.78, 5) is 10.9. The first kappa shape index (κ1) is 16.2. The van der Waals surface area contributed by atoms with Gasteiger partial charge in [-0.05, 0) is 6.42 Å². The molecule has 0 rings (SSSR count). The molecule has 3 nitrogen and oxygen atoms in total. The highest BCUT2D eigenvalue weighted by atomic mass is 19.4. The summed E-state index contributed by atoms with van der Waals surface area (Å²) in [6, 6.07) is 0. The Morgan fingerprint density at radius 1 is 1.24 bits per heavy atom. The molecular weight excluding hydrogens is 237 g/mol. The average molecular weight is 256 g/mol. The van der Waals surface area contributed by atoms with Gasteiger partial charge in [0.25, 0.3) is 0 Å². The molecule has 0 saturated carbocycles. The minimum Gasteiger partial charge on any atom is -0.466 e. The molecular formula is C11H19F3O3. The van der Waals surface area contributed by atoms with Gasteiger partial charge in [0.1, 0.15) is 0 Å². The van der Waals surface area contributed by atoms with E-state index in [-0.39, 0.29) is 6.61 Å². The van der Waals surface area contributed by atoms with Crippen molar-refractivity contribution < 1.29 is 27.8 Å². The van der Waals surface area contributed by atoms with Crippen LogP contribution in [0, 0.1) is 0 Å². The lowest BCUT2D eigenvalue weighted by Gasteiger charge is -2.13. The normalized spacial score (nSPS) is 13.5. The van der Waals surface area contributed by atoms with E-state index in [0.29, 0.717) is 6.42 Å². The third-order valence-corrected chi connectivity index (χ3v) is 2.25. The summed E-state index contributed by atoms with van der Waals surface area (Å²) in [6.07, 6.45) is -3.66. The molecule has 0 radical (unpaired) electrons. The maximum Gasteiger partial charge on any atom is 0.414 e. The zero-order valence-electron chi connectivity index (χ0n) is 9.92. The number of aliphatic hydroxyl groups excluding tert-OH is 1. The fraction of sp³-hybridized carbons (Fsp3) is 0.909. The number of hydrogen-bond donors (Lipinski definition) is 1. The molecule has 0 fully saturated rings. The van der Waals surface area contributed by atoms with Crippen molar-refractivity contribution in [3.05, 3.63) is 0 Å². The lowest BCUT2D eigenvalue weighted by Crippen LogP contribution is -2.31. The predicted octanol–water partition coefficient (Wildman–Crippen LogP) is 2.81. The Balaban J connectivity index is 3.53. The van der Waals surface area contributed by atoms with E-state index in [9.17, 15) is 18.0 Å². The second kappa shape index (κ2) is 8.33. The van der Waals surface area contributed by atoms with E-state index in [1.54, 1.807) is 0 Å². The van der Waals surface area contributed by atoms with Crippen LogP contribution in [0.3, 0.4) is 0 Å². The van der Waals surface area contributed by atoms with Crippen molar-refractivity contribution in [3.63, 3.8) is 0 Å². The Labute approximate surface area is 99.0 Å². The summed E-state index contributed by atoms with van der Waals surface area (Å²) in [5.41, 5.74) is 0. The Morgan fingerprint density at radius 3 is 2.35 bits per heavy atom. The smallest absolute Gasteiger partial charge is 0.414 e. The fourth-order valence-corrected chi connectivity index (χ4v) is 1.22. The maximum absolute atomic E-state index is 11.9. The van der Waals surface area contributed by atoms with Gasteiger partial charge < -0.3 is 9.84 Å². The first-order valence-corrected chi connectivity index (χ1v) is 5.78. The Kier molecular flexibility index (Phi) is 7.95. The summed E-state index contributed by atoms with van der Waals surface area (Å²) >= 11 is 0. The summed E-state index contributed by atoms with van der Waals surface area (Å²) in [5.74, 6) is -1.01. The topological polar surface area (TPSA) is 46.5 Å². The molecule has 1 N–H and O–H groups in total. The number of esters is 1. The lowest BCUT2D eigenvalue weighted by atomic mass is 10.2. The second-order valence-electron chi connectivity index (χ2n) is 3.90. The fourth-order valence-electron chi connectivity index (χ4n) is 1.22. The van der Waals surface area contributed by atoms with Gasteiger partial charge in [0, 0.05) is 0 Å². The minimum absolute atomic E-state index is 0.118. The number of carbonyl (C=O) groups is 1.